The van der Waals surface area contributed by atoms with Crippen molar-refractivity contribution in [3.63, 3.8) is 0 Å². The van der Waals surface area contributed by atoms with Crippen LogP contribution in [0.2, 0.25) is 0 Å². The Balaban J connectivity index is 1.92. The molecule has 116 valence electrons. The maximum atomic E-state index is 13.0. The predicted octanol–water partition coefficient (Wildman–Crippen LogP) is 2.58. The summed E-state index contributed by atoms with van der Waals surface area (Å²) in [4.78, 5) is 0.424. The van der Waals surface area contributed by atoms with Crippen LogP contribution >= 0.6 is 0 Å². The van der Waals surface area contributed by atoms with Gasteiger partial charge in [0.2, 0.25) is 10.0 Å². The molecule has 0 spiro atoms. The quantitative estimate of drug-likeness (QED) is 0.862. The fraction of sp³-hybridized carbons (Fsp3) is 0.625. The SMILES string of the molecule is CCc1cccc(S(=O)(=O)N2CCO[C@H]3CCCC[C@@H]32)c1. The zero-order valence-electron chi connectivity index (χ0n) is 12.5. The second kappa shape index (κ2) is 6.07. The minimum Gasteiger partial charge on any atom is -0.375 e. The molecule has 2 fully saturated rings. The Labute approximate surface area is 127 Å². The van der Waals surface area contributed by atoms with Gasteiger partial charge in [-0.05, 0) is 37.0 Å². The summed E-state index contributed by atoms with van der Waals surface area (Å²) in [6.45, 7) is 3.02. The summed E-state index contributed by atoms with van der Waals surface area (Å²) in [6, 6.07) is 7.35. The van der Waals surface area contributed by atoms with Crippen molar-refractivity contribution in [2.45, 2.75) is 56.1 Å². The molecule has 1 saturated carbocycles. The number of rotatable bonds is 3. The van der Waals surface area contributed by atoms with Crippen LogP contribution in [-0.4, -0.2) is 38.0 Å². The van der Waals surface area contributed by atoms with E-state index in [-0.39, 0.29) is 12.1 Å². The highest BCUT2D eigenvalue weighted by molar-refractivity contribution is 7.89. The van der Waals surface area contributed by atoms with E-state index in [4.69, 9.17) is 4.74 Å². The number of hydrogen-bond donors (Lipinski definition) is 0. The summed E-state index contributed by atoms with van der Waals surface area (Å²) < 4.78 is 33.4. The highest BCUT2D eigenvalue weighted by Gasteiger charge is 2.40. The largest absolute Gasteiger partial charge is 0.375 e. The molecule has 1 aliphatic heterocycles. The zero-order valence-corrected chi connectivity index (χ0v) is 13.3. The third-order valence-electron chi connectivity index (χ3n) is 4.59. The maximum Gasteiger partial charge on any atom is 0.243 e. The highest BCUT2D eigenvalue weighted by atomic mass is 32.2. The van der Waals surface area contributed by atoms with Gasteiger partial charge in [0.05, 0.1) is 23.6 Å². The van der Waals surface area contributed by atoms with Crippen molar-refractivity contribution in [1.82, 2.24) is 4.31 Å². The number of ether oxygens (including phenoxy) is 1. The Hall–Kier alpha value is -0.910. The highest BCUT2D eigenvalue weighted by Crippen LogP contribution is 2.32. The van der Waals surface area contributed by atoms with Gasteiger partial charge in [0.25, 0.3) is 0 Å². The van der Waals surface area contributed by atoms with Gasteiger partial charge in [-0.2, -0.15) is 4.31 Å². The zero-order chi connectivity index (χ0) is 14.9. The molecule has 2 aliphatic rings. The van der Waals surface area contributed by atoms with Crippen LogP contribution in [0.15, 0.2) is 29.2 Å². The van der Waals surface area contributed by atoms with E-state index in [2.05, 4.69) is 0 Å². The monoisotopic (exact) mass is 309 g/mol. The normalized spacial score (nSPS) is 27.3. The summed E-state index contributed by atoms with van der Waals surface area (Å²) in [6.07, 6.45) is 5.05. The number of aryl methyl sites for hydroxylation is 1. The Morgan fingerprint density at radius 3 is 2.90 bits per heavy atom. The van der Waals surface area contributed by atoms with E-state index in [1.165, 1.54) is 0 Å². The predicted molar refractivity (Wildman–Crippen MR) is 81.7 cm³/mol. The molecule has 0 radical (unpaired) electrons. The summed E-state index contributed by atoms with van der Waals surface area (Å²) in [7, 11) is -3.41. The van der Waals surface area contributed by atoms with E-state index in [0.29, 0.717) is 18.0 Å². The van der Waals surface area contributed by atoms with Gasteiger partial charge in [-0.15, -0.1) is 0 Å². The molecular formula is C16H23NO3S. The molecule has 1 aliphatic carbocycles. The van der Waals surface area contributed by atoms with Crippen molar-refractivity contribution >= 4 is 10.0 Å². The first-order valence-corrected chi connectivity index (χ1v) is 9.29. The minimum atomic E-state index is -3.41. The molecule has 0 unspecified atom stereocenters. The number of fused-ring (bicyclic) bond motifs is 1. The Morgan fingerprint density at radius 2 is 2.10 bits per heavy atom. The fourth-order valence-electron chi connectivity index (χ4n) is 3.42. The first kappa shape index (κ1) is 15.0. The molecule has 1 saturated heterocycles. The fourth-order valence-corrected chi connectivity index (χ4v) is 5.15. The molecule has 1 aromatic rings. The van der Waals surface area contributed by atoms with Crippen LogP contribution in [0.1, 0.15) is 38.2 Å². The Kier molecular flexibility index (Phi) is 4.33. The van der Waals surface area contributed by atoms with Crippen molar-refractivity contribution in [3.8, 4) is 0 Å². The van der Waals surface area contributed by atoms with Crippen LogP contribution in [-0.2, 0) is 21.2 Å². The molecule has 5 heteroatoms. The molecule has 21 heavy (non-hydrogen) atoms. The van der Waals surface area contributed by atoms with Crippen molar-refractivity contribution in [3.05, 3.63) is 29.8 Å². The molecule has 3 rings (SSSR count). The first-order chi connectivity index (χ1) is 10.1. The van der Waals surface area contributed by atoms with Crippen molar-refractivity contribution in [1.29, 1.82) is 0 Å². The van der Waals surface area contributed by atoms with Gasteiger partial charge in [0, 0.05) is 6.54 Å². The maximum absolute atomic E-state index is 13.0. The van der Waals surface area contributed by atoms with Crippen LogP contribution < -0.4 is 0 Å². The van der Waals surface area contributed by atoms with Gasteiger partial charge < -0.3 is 4.74 Å². The second-order valence-electron chi connectivity index (χ2n) is 5.88. The third kappa shape index (κ3) is 2.87. The van der Waals surface area contributed by atoms with Gasteiger partial charge in [-0.3, -0.25) is 0 Å². The molecule has 1 aromatic carbocycles. The van der Waals surface area contributed by atoms with E-state index in [1.54, 1.807) is 10.4 Å². The van der Waals surface area contributed by atoms with E-state index in [1.807, 2.05) is 25.1 Å². The number of morpholine rings is 1. The van der Waals surface area contributed by atoms with E-state index in [0.717, 1.165) is 37.7 Å². The van der Waals surface area contributed by atoms with Crippen molar-refractivity contribution < 1.29 is 13.2 Å². The van der Waals surface area contributed by atoms with Crippen LogP contribution in [0.5, 0.6) is 0 Å². The average molecular weight is 309 g/mol. The van der Waals surface area contributed by atoms with Crippen LogP contribution in [0, 0.1) is 0 Å². The average Bonchev–Trinajstić information content (AvgIpc) is 2.54. The topological polar surface area (TPSA) is 46.6 Å². The van der Waals surface area contributed by atoms with E-state index in [9.17, 15) is 8.42 Å². The van der Waals surface area contributed by atoms with Gasteiger partial charge in [0.1, 0.15) is 0 Å². The number of benzene rings is 1. The molecule has 0 N–H and O–H groups in total. The van der Waals surface area contributed by atoms with E-state index >= 15 is 0 Å². The van der Waals surface area contributed by atoms with Gasteiger partial charge >= 0.3 is 0 Å². The third-order valence-corrected chi connectivity index (χ3v) is 6.51. The standard InChI is InChI=1S/C16H23NO3S/c1-2-13-6-5-7-14(12-13)21(18,19)17-10-11-20-16-9-4-3-8-15(16)17/h5-7,12,15-16H,2-4,8-11H2,1H3/t15-,16-/m0/s1. The molecule has 0 amide bonds. The molecule has 2 atom stereocenters. The lowest BCUT2D eigenvalue weighted by molar-refractivity contribution is -0.0586. The smallest absolute Gasteiger partial charge is 0.243 e. The van der Waals surface area contributed by atoms with Gasteiger partial charge in [0.15, 0.2) is 0 Å². The van der Waals surface area contributed by atoms with Crippen LogP contribution in [0.3, 0.4) is 0 Å². The molecular weight excluding hydrogens is 286 g/mol. The van der Waals surface area contributed by atoms with Gasteiger partial charge in [-0.1, -0.05) is 31.9 Å². The molecule has 1 heterocycles. The summed E-state index contributed by atoms with van der Waals surface area (Å²) in [5, 5.41) is 0. The van der Waals surface area contributed by atoms with Gasteiger partial charge in [-0.25, -0.2) is 8.42 Å². The summed E-state index contributed by atoms with van der Waals surface area (Å²) >= 11 is 0. The van der Waals surface area contributed by atoms with E-state index < -0.39 is 10.0 Å². The molecule has 4 nitrogen and oxygen atoms in total. The van der Waals surface area contributed by atoms with Crippen LogP contribution in [0.4, 0.5) is 0 Å². The lowest BCUT2D eigenvalue weighted by atomic mass is 9.91. The van der Waals surface area contributed by atoms with Crippen molar-refractivity contribution in [2.75, 3.05) is 13.2 Å². The molecule has 0 bridgehead atoms. The van der Waals surface area contributed by atoms with Crippen molar-refractivity contribution in [2.24, 2.45) is 0 Å². The van der Waals surface area contributed by atoms with Crippen LogP contribution in [0.25, 0.3) is 0 Å². The summed E-state index contributed by atoms with van der Waals surface area (Å²) in [5.74, 6) is 0. The Bertz CT molecular complexity index is 597. The number of nitrogens with zero attached hydrogens (tertiary/aromatic N) is 1. The Morgan fingerprint density at radius 1 is 1.29 bits per heavy atom. The number of sulfonamides is 1. The second-order valence-corrected chi connectivity index (χ2v) is 7.77. The lowest BCUT2D eigenvalue weighted by Crippen LogP contribution is -2.54. The first-order valence-electron chi connectivity index (χ1n) is 7.85. The number of hydrogen-bond acceptors (Lipinski definition) is 3. The lowest BCUT2D eigenvalue weighted by Gasteiger charge is -2.42. The summed E-state index contributed by atoms with van der Waals surface area (Å²) in [5.41, 5.74) is 1.06. The molecule has 0 aromatic heterocycles. The minimum absolute atomic E-state index is 0.0165.